The summed E-state index contributed by atoms with van der Waals surface area (Å²) in [5.41, 5.74) is 3.66. The Kier molecular flexibility index (Phi) is 9.94. The van der Waals surface area contributed by atoms with E-state index in [0.29, 0.717) is 39.0 Å². The minimum Gasteiger partial charge on any atom is -0.342 e. The third kappa shape index (κ3) is 7.23. The van der Waals surface area contributed by atoms with Gasteiger partial charge in [0.1, 0.15) is 11.2 Å². The Labute approximate surface area is 276 Å². The van der Waals surface area contributed by atoms with Gasteiger partial charge in [0.15, 0.2) is 0 Å². The number of fused-ring (bicyclic) bond motifs is 1. The predicted octanol–water partition coefficient (Wildman–Crippen LogP) is 6.14. The minimum atomic E-state index is -0.505. The second kappa shape index (κ2) is 13.9. The van der Waals surface area contributed by atoms with E-state index in [1.807, 2.05) is 39.0 Å². The molecule has 3 saturated heterocycles. The van der Waals surface area contributed by atoms with Gasteiger partial charge in [-0.3, -0.25) is 9.59 Å². The largest absolute Gasteiger partial charge is 0.342 e. The molecule has 8 nitrogen and oxygen atoms in total. The summed E-state index contributed by atoms with van der Waals surface area (Å²) in [6.07, 6.45) is 4.91. The van der Waals surface area contributed by atoms with Crippen LogP contribution in [-0.2, 0) is 16.0 Å². The van der Waals surface area contributed by atoms with E-state index in [4.69, 9.17) is 0 Å². The number of urea groups is 1. The van der Waals surface area contributed by atoms with Crippen LogP contribution in [0.1, 0.15) is 87.3 Å². The highest BCUT2D eigenvalue weighted by Crippen LogP contribution is 2.48. The fourth-order valence-electron chi connectivity index (χ4n) is 7.41. The number of hydrogen-bond acceptors (Lipinski definition) is 5. The normalized spacial score (nSPS) is 23.3. The summed E-state index contributed by atoms with van der Waals surface area (Å²) < 4.78 is 15.5. The molecule has 6 rings (SSSR count). The number of amides is 4. The smallest absolute Gasteiger partial charge is 0.322 e. The molecule has 248 valence electrons. The van der Waals surface area contributed by atoms with Crippen molar-refractivity contribution in [1.82, 2.24) is 20.0 Å². The average molecular weight is 650 g/mol. The molecule has 0 spiro atoms. The quantitative estimate of drug-likeness (QED) is 0.377. The lowest BCUT2D eigenvalue weighted by Crippen LogP contribution is -2.50. The van der Waals surface area contributed by atoms with Crippen LogP contribution in [0.15, 0.2) is 42.5 Å². The molecule has 4 heterocycles. The van der Waals surface area contributed by atoms with E-state index in [2.05, 4.69) is 37.5 Å². The number of nitrogens with one attached hydrogen (secondary N) is 2. The maximum absolute atomic E-state index is 15.5. The molecule has 2 atom stereocenters. The van der Waals surface area contributed by atoms with Crippen LogP contribution >= 0.6 is 11.8 Å². The summed E-state index contributed by atoms with van der Waals surface area (Å²) in [5.74, 6) is -0.132. The van der Waals surface area contributed by atoms with E-state index in [0.717, 1.165) is 61.2 Å². The van der Waals surface area contributed by atoms with Gasteiger partial charge in [-0.25, -0.2) is 9.18 Å². The first-order valence-corrected chi connectivity index (χ1v) is 17.9. The predicted molar refractivity (Wildman–Crippen MR) is 181 cm³/mol. The van der Waals surface area contributed by atoms with Crippen LogP contribution in [0.2, 0.25) is 0 Å². The van der Waals surface area contributed by atoms with Crippen molar-refractivity contribution in [3.05, 3.63) is 65.0 Å². The second-order valence-electron chi connectivity index (χ2n) is 14.4. The van der Waals surface area contributed by atoms with Crippen LogP contribution in [0, 0.1) is 11.2 Å². The summed E-state index contributed by atoms with van der Waals surface area (Å²) in [6, 6.07) is 13.2. The van der Waals surface area contributed by atoms with Crippen molar-refractivity contribution in [3.63, 3.8) is 0 Å². The molecule has 0 aliphatic carbocycles. The number of rotatable bonds is 7. The molecule has 3 fully saturated rings. The Bertz CT molecular complexity index is 1430. The lowest BCUT2D eigenvalue weighted by molar-refractivity contribution is -0.137. The van der Waals surface area contributed by atoms with Crippen molar-refractivity contribution in [2.75, 3.05) is 44.6 Å². The van der Waals surface area contributed by atoms with E-state index in [1.165, 1.54) is 11.8 Å². The molecule has 2 aromatic rings. The standard InChI is InChI=1S/C36H48FN5O3S/c1-36(2,3)16-22-42-33(44)30(46-34(42)27-8-6-9-28(37)32(27)25-11-17-38-18-12-25)23-31(43)40-19-14-26(15-20-40)41-21-13-24-7-4-5-10-29(24)39-35(41)45/h4-10,25-26,30,34,38H,11-23H2,1-3H3,(H,39,45)/t30-,34?/m0/s1. The monoisotopic (exact) mass is 649 g/mol. The van der Waals surface area contributed by atoms with Crippen LogP contribution in [0.25, 0.3) is 0 Å². The molecule has 1 unspecified atom stereocenters. The summed E-state index contributed by atoms with van der Waals surface area (Å²) in [7, 11) is 0. The lowest BCUT2D eigenvalue weighted by atomic mass is 9.86. The number of piperidine rings is 2. The SMILES string of the molecule is CC(C)(C)CCN1C(=O)[C@H](CC(=O)N2CCC(N3CCc4ccccc4NC3=O)CC2)SC1c1cccc(F)c1C1CCNCC1. The molecule has 2 aromatic carbocycles. The number of halogens is 1. The zero-order valence-electron chi connectivity index (χ0n) is 27.4. The van der Waals surface area contributed by atoms with Crippen molar-refractivity contribution in [2.45, 2.75) is 88.3 Å². The van der Waals surface area contributed by atoms with Gasteiger partial charge >= 0.3 is 6.03 Å². The summed E-state index contributed by atoms with van der Waals surface area (Å²) in [6.45, 7) is 10.5. The van der Waals surface area contributed by atoms with Gasteiger partial charge in [-0.2, -0.15) is 0 Å². The lowest BCUT2D eigenvalue weighted by Gasteiger charge is -2.38. The van der Waals surface area contributed by atoms with Crippen LogP contribution in [-0.4, -0.2) is 83.1 Å². The molecule has 4 aliphatic heterocycles. The number of benzene rings is 2. The van der Waals surface area contributed by atoms with Gasteiger partial charge < -0.3 is 25.3 Å². The zero-order chi connectivity index (χ0) is 32.4. The first kappa shape index (κ1) is 32.8. The van der Waals surface area contributed by atoms with E-state index in [1.54, 1.807) is 12.1 Å². The number of carbonyl (C=O) groups is 3. The number of likely N-dealkylation sites (tertiary alicyclic amines) is 1. The first-order valence-electron chi connectivity index (χ1n) is 17.0. The molecule has 0 aromatic heterocycles. The fourth-order valence-corrected chi connectivity index (χ4v) is 8.92. The molecule has 0 radical (unpaired) electrons. The molecular weight excluding hydrogens is 601 g/mol. The van der Waals surface area contributed by atoms with Crippen molar-refractivity contribution in [2.24, 2.45) is 5.41 Å². The molecule has 2 N–H and O–H groups in total. The zero-order valence-corrected chi connectivity index (χ0v) is 28.2. The van der Waals surface area contributed by atoms with Crippen molar-refractivity contribution in [3.8, 4) is 0 Å². The number of nitrogens with zero attached hydrogens (tertiary/aromatic N) is 3. The Morgan fingerprint density at radius 3 is 2.46 bits per heavy atom. The van der Waals surface area contributed by atoms with Crippen molar-refractivity contribution >= 4 is 35.3 Å². The molecule has 4 aliphatic rings. The Morgan fingerprint density at radius 2 is 1.72 bits per heavy atom. The molecular formula is C36H48FN5O3S. The average Bonchev–Trinajstić information content (AvgIpc) is 3.23. The summed E-state index contributed by atoms with van der Waals surface area (Å²) in [4.78, 5) is 46.4. The van der Waals surface area contributed by atoms with Crippen molar-refractivity contribution < 1.29 is 18.8 Å². The molecule has 46 heavy (non-hydrogen) atoms. The third-order valence-corrected chi connectivity index (χ3v) is 11.6. The third-order valence-electron chi connectivity index (χ3n) is 10.1. The fraction of sp³-hybridized carbons (Fsp3) is 0.583. The molecule has 0 saturated carbocycles. The van der Waals surface area contributed by atoms with E-state index in [-0.39, 0.29) is 52.8 Å². The van der Waals surface area contributed by atoms with Crippen LogP contribution in [0.3, 0.4) is 0 Å². The van der Waals surface area contributed by atoms with Crippen LogP contribution < -0.4 is 10.6 Å². The van der Waals surface area contributed by atoms with Gasteiger partial charge in [0.05, 0.1) is 5.25 Å². The number of carbonyl (C=O) groups excluding carboxylic acids is 3. The maximum Gasteiger partial charge on any atom is 0.322 e. The minimum absolute atomic E-state index is 0.0220. The number of thioether (sulfide) groups is 1. The van der Waals surface area contributed by atoms with Gasteiger partial charge in [0, 0.05) is 44.3 Å². The highest BCUT2D eigenvalue weighted by molar-refractivity contribution is 8.01. The van der Waals surface area contributed by atoms with Gasteiger partial charge in [0.25, 0.3) is 0 Å². The van der Waals surface area contributed by atoms with Gasteiger partial charge in [-0.1, -0.05) is 51.1 Å². The van der Waals surface area contributed by atoms with Gasteiger partial charge in [-0.15, -0.1) is 11.8 Å². The van der Waals surface area contributed by atoms with Crippen LogP contribution in [0.4, 0.5) is 14.9 Å². The van der Waals surface area contributed by atoms with Gasteiger partial charge in [0.2, 0.25) is 11.8 Å². The van der Waals surface area contributed by atoms with Crippen molar-refractivity contribution in [1.29, 1.82) is 0 Å². The van der Waals surface area contributed by atoms with E-state index >= 15 is 4.39 Å². The summed E-state index contributed by atoms with van der Waals surface area (Å²) >= 11 is 1.52. The molecule has 0 bridgehead atoms. The van der Waals surface area contributed by atoms with Gasteiger partial charge in [-0.05, 0) is 91.8 Å². The topological polar surface area (TPSA) is 85.0 Å². The van der Waals surface area contributed by atoms with E-state index < -0.39 is 5.25 Å². The Hall–Kier alpha value is -3.11. The van der Waals surface area contributed by atoms with Crippen LogP contribution in [0.5, 0.6) is 0 Å². The Morgan fingerprint density at radius 1 is 0.978 bits per heavy atom. The number of para-hydroxylation sites is 1. The molecule has 4 amide bonds. The number of hydrogen-bond donors (Lipinski definition) is 2. The Balaban J connectivity index is 1.13. The highest BCUT2D eigenvalue weighted by Gasteiger charge is 2.44. The van der Waals surface area contributed by atoms with E-state index in [9.17, 15) is 14.4 Å². The summed E-state index contributed by atoms with van der Waals surface area (Å²) in [5, 5.41) is 5.62. The first-order chi connectivity index (χ1) is 22.1. The second-order valence-corrected chi connectivity index (χ2v) is 15.7. The molecule has 10 heteroatoms. The maximum atomic E-state index is 15.5. The number of anilines is 1. The highest BCUT2D eigenvalue weighted by atomic mass is 32.2.